The summed E-state index contributed by atoms with van der Waals surface area (Å²) in [5.41, 5.74) is 0. The van der Waals surface area contributed by atoms with Crippen molar-refractivity contribution < 1.29 is 44.3 Å². The largest absolute Gasteiger partial charge is 2.00 e. The smallest absolute Gasteiger partial charge is 1.00 e. The second-order valence-corrected chi connectivity index (χ2v) is 0.761. The summed E-state index contributed by atoms with van der Waals surface area (Å²) in [6.07, 6.45) is 5.58. The molecule has 0 unspecified atom stereocenters. The first-order valence-electron chi connectivity index (χ1n) is 1.65. The standard InChI is InChI=1S/C5H8.2ClH.Rh/c1-3-5-4-2;;;/h3-5H,1H2,2H3;2*1H;/q;;;+2/p-2. The first kappa shape index (κ1) is 23.4. The Kier molecular flexibility index (Phi) is 73.9. The molecule has 0 heterocycles. The Hall–Kier alpha value is 0.683. The van der Waals surface area contributed by atoms with Gasteiger partial charge in [0.05, 0.1) is 0 Å². The average molecular weight is 242 g/mol. The van der Waals surface area contributed by atoms with Crippen LogP contribution < -0.4 is 24.8 Å². The Morgan fingerprint density at radius 2 is 1.62 bits per heavy atom. The molecule has 0 aromatic carbocycles. The zero-order chi connectivity index (χ0) is 4.12. The third-order valence-corrected chi connectivity index (χ3v) is 0.329. The molecule has 3 heteroatoms. The molecule has 0 saturated carbocycles. The van der Waals surface area contributed by atoms with Gasteiger partial charge in [-0.05, 0) is 6.92 Å². The molecule has 0 nitrogen and oxygen atoms in total. The molecule has 8 heavy (non-hydrogen) atoms. The number of halogens is 2. The van der Waals surface area contributed by atoms with E-state index in [1.807, 2.05) is 19.1 Å². The molecule has 0 aliphatic carbocycles. The average Bonchev–Trinajstić information content (AvgIpc) is 1.41. The first-order valence-corrected chi connectivity index (χ1v) is 1.65. The van der Waals surface area contributed by atoms with Gasteiger partial charge in [-0.1, -0.05) is 24.8 Å². The SMILES string of the molecule is C=CC=CC.[Cl-].[Cl-].[Rh+2]. The second-order valence-electron chi connectivity index (χ2n) is 0.761. The molecule has 0 N–H and O–H groups in total. The molecule has 0 rings (SSSR count). The van der Waals surface area contributed by atoms with E-state index in [1.54, 1.807) is 6.08 Å². The Bertz CT molecular complexity index is 52.4. The van der Waals surface area contributed by atoms with Crippen LogP contribution in [0.4, 0.5) is 0 Å². The monoisotopic (exact) mass is 241 g/mol. The number of hydrogen-bond acceptors (Lipinski definition) is 0. The van der Waals surface area contributed by atoms with Crippen molar-refractivity contribution in [2.24, 2.45) is 0 Å². The maximum Gasteiger partial charge on any atom is 2.00 e. The van der Waals surface area contributed by atoms with Gasteiger partial charge in [0.15, 0.2) is 0 Å². The molecule has 0 aromatic heterocycles. The summed E-state index contributed by atoms with van der Waals surface area (Å²) in [6, 6.07) is 0. The summed E-state index contributed by atoms with van der Waals surface area (Å²) < 4.78 is 0. The van der Waals surface area contributed by atoms with Crippen LogP contribution in [0.3, 0.4) is 0 Å². The minimum Gasteiger partial charge on any atom is -1.00 e. The van der Waals surface area contributed by atoms with Crippen molar-refractivity contribution in [3.63, 3.8) is 0 Å². The van der Waals surface area contributed by atoms with E-state index in [9.17, 15) is 0 Å². The summed E-state index contributed by atoms with van der Waals surface area (Å²) in [5.74, 6) is 0. The Morgan fingerprint density at radius 1 is 1.25 bits per heavy atom. The molecule has 0 saturated heterocycles. The van der Waals surface area contributed by atoms with Crippen LogP contribution in [0.1, 0.15) is 6.92 Å². The Balaban J connectivity index is -0.0000000267. The van der Waals surface area contributed by atoms with Gasteiger partial charge in [0.1, 0.15) is 0 Å². The molecule has 0 amide bonds. The normalized spacial score (nSPS) is 5.62. The number of rotatable bonds is 1. The predicted octanol–water partition coefficient (Wildman–Crippen LogP) is -4.25. The molecule has 0 bridgehead atoms. The van der Waals surface area contributed by atoms with Crippen LogP contribution in [0, 0.1) is 0 Å². The molecular formula is C5H8Cl2Rh. The van der Waals surface area contributed by atoms with Gasteiger partial charge >= 0.3 is 19.5 Å². The van der Waals surface area contributed by atoms with Gasteiger partial charge in [0, 0.05) is 0 Å². The topological polar surface area (TPSA) is 0 Å². The van der Waals surface area contributed by atoms with Crippen molar-refractivity contribution in [3.05, 3.63) is 24.8 Å². The van der Waals surface area contributed by atoms with E-state index in [2.05, 4.69) is 6.58 Å². The van der Waals surface area contributed by atoms with Crippen LogP contribution in [0.15, 0.2) is 24.8 Å². The molecule has 0 aromatic rings. The van der Waals surface area contributed by atoms with Crippen molar-refractivity contribution in [1.82, 2.24) is 0 Å². The van der Waals surface area contributed by atoms with E-state index in [0.717, 1.165) is 0 Å². The molecule has 51 valence electrons. The summed E-state index contributed by atoms with van der Waals surface area (Å²) in [7, 11) is 0. The van der Waals surface area contributed by atoms with Gasteiger partial charge < -0.3 is 24.8 Å². The van der Waals surface area contributed by atoms with Gasteiger partial charge in [-0.15, -0.1) is 0 Å². The third kappa shape index (κ3) is 30.0. The minimum atomic E-state index is 0. The molecule has 0 spiro atoms. The van der Waals surface area contributed by atoms with E-state index in [1.165, 1.54) is 0 Å². The zero-order valence-electron chi connectivity index (χ0n) is 4.53. The van der Waals surface area contributed by atoms with E-state index in [4.69, 9.17) is 0 Å². The van der Waals surface area contributed by atoms with E-state index in [0.29, 0.717) is 0 Å². The Morgan fingerprint density at radius 3 is 1.62 bits per heavy atom. The van der Waals surface area contributed by atoms with Crippen LogP contribution in [0.25, 0.3) is 0 Å². The van der Waals surface area contributed by atoms with Gasteiger partial charge in [0.25, 0.3) is 0 Å². The van der Waals surface area contributed by atoms with Crippen molar-refractivity contribution >= 4 is 0 Å². The van der Waals surface area contributed by atoms with Crippen LogP contribution >= 0.6 is 0 Å². The van der Waals surface area contributed by atoms with E-state index in [-0.39, 0.29) is 44.3 Å². The quantitative estimate of drug-likeness (QED) is 0.323. The van der Waals surface area contributed by atoms with Crippen molar-refractivity contribution in [2.45, 2.75) is 6.92 Å². The third-order valence-electron chi connectivity index (χ3n) is 0.329. The van der Waals surface area contributed by atoms with Crippen molar-refractivity contribution in [1.29, 1.82) is 0 Å². The predicted molar refractivity (Wildman–Crippen MR) is 25.0 cm³/mol. The fraction of sp³-hybridized carbons (Fsp3) is 0.200. The van der Waals surface area contributed by atoms with Crippen LogP contribution in [-0.2, 0) is 19.5 Å². The fourth-order valence-electron chi connectivity index (χ4n) is 0.136. The van der Waals surface area contributed by atoms with E-state index < -0.39 is 0 Å². The molecule has 0 aliphatic heterocycles. The van der Waals surface area contributed by atoms with Crippen LogP contribution in [0.2, 0.25) is 0 Å². The van der Waals surface area contributed by atoms with Gasteiger partial charge in [-0.25, -0.2) is 0 Å². The van der Waals surface area contributed by atoms with Crippen molar-refractivity contribution in [2.75, 3.05) is 0 Å². The van der Waals surface area contributed by atoms with Crippen LogP contribution in [-0.4, -0.2) is 0 Å². The Labute approximate surface area is 76.0 Å². The van der Waals surface area contributed by atoms with Crippen LogP contribution in [0.5, 0.6) is 0 Å². The van der Waals surface area contributed by atoms with E-state index >= 15 is 0 Å². The summed E-state index contributed by atoms with van der Waals surface area (Å²) in [6.45, 7) is 5.42. The van der Waals surface area contributed by atoms with Gasteiger partial charge in [-0.3, -0.25) is 0 Å². The first-order chi connectivity index (χ1) is 2.41. The molecule has 0 atom stereocenters. The summed E-state index contributed by atoms with van der Waals surface area (Å²) >= 11 is 0. The molecule has 0 aliphatic rings. The van der Waals surface area contributed by atoms with Crippen molar-refractivity contribution in [3.8, 4) is 0 Å². The zero-order valence-corrected chi connectivity index (χ0v) is 7.68. The second kappa shape index (κ2) is 25.3. The summed E-state index contributed by atoms with van der Waals surface area (Å²) in [5, 5.41) is 0. The maximum absolute atomic E-state index is 3.46. The maximum atomic E-state index is 3.46. The molecule has 0 fully saturated rings. The number of allylic oxidation sites excluding steroid dienone is 3. The molecular weight excluding hydrogens is 234 g/mol. The van der Waals surface area contributed by atoms with Gasteiger partial charge in [0.2, 0.25) is 0 Å². The number of hydrogen-bond donors (Lipinski definition) is 0. The minimum absolute atomic E-state index is 0. The fourth-order valence-corrected chi connectivity index (χ4v) is 0.136. The summed E-state index contributed by atoms with van der Waals surface area (Å²) in [4.78, 5) is 0. The molecule has 1 radical (unpaired) electrons. The van der Waals surface area contributed by atoms with Gasteiger partial charge in [-0.2, -0.15) is 0 Å².